The number of hydrogen-bond donors (Lipinski definition) is 1. The van der Waals surface area contributed by atoms with E-state index in [2.05, 4.69) is 5.32 Å². The second-order valence-corrected chi connectivity index (χ2v) is 5.14. The van der Waals surface area contributed by atoms with Gasteiger partial charge in [-0.05, 0) is 38.5 Å². The van der Waals surface area contributed by atoms with Gasteiger partial charge in [0.15, 0.2) is 0 Å². The van der Waals surface area contributed by atoms with Crippen molar-refractivity contribution in [2.45, 2.75) is 32.9 Å². The zero-order chi connectivity index (χ0) is 13.7. The van der Waals surface area contributed by atoms with E-state index in [9.17, 15) is 4.79 Å². The Morgan fingerprint density at radius 3 is 2.50 bits per heavy atom. The maximum absolute atomic E-state index is 11.6. The highest BCUT2D eigenvalue weighted by molar-refractivity contribution is 6.42. The summed E-state index contributed by atoms with van der Waals surface area (Å²) in [5, 5.41) is 3.81. The summed E-state index contributed by atoms with van der Waals surface area (Å²) in [6.45, 7) is 5.71. The van der Waals surface area contributed by atoms with E-state index >= 15 is 0 Å². The normalized spacial score (nSPS) is 12.6. The van der Waals surface area contributed by atoms with Crippen LogP contribution in [0.1, 0.15) is 32.4 Å². The summed E-state index contributed by atoms with van der Waals surface area (Å²) in [6, 6.07) is 5.16. The van der Waals surface area contributed by atoms with Crippen LogP contribution in [0.2, 0.25) is 10.0 Å². The lowest BCUT2D eigenvalue weighted by Gasteiger charge is -2.15. The monoisotopic (exact) mass is 289 g/mol. The van der Waals surface area contributed by atoms with Gasteiger partial charge in [-0.15, -0.1) is 0 Å². The van der Waals surface area contributed by atoms with Gasteiger partial charge in [0, 0.05) is 0 Å². The molecule has 1 unspecified atom stereocenters. The van der Waals surface area contributed by atoms with Gasteiger partial charge in [0.05, 0.1) is 22.2 Å². The van der Waals surface area contributed by atoms with Gasteiger partial charge < -0.3 is 10.1 Å². The predicted molar refractivity (Wildman–Crippen MR) is 74.1 cm³/mol. The molecule has 0 aliphatic carbocycles. The standard InChI is InChI=1S/C13H17Cl2NO2/c1-8(2)18-7-13(17)16-9(3)10-4-5-11(14)12(15)6-10/h4-6,8-9H,7H2,1-3H3,(H,16,17). The molecule has 0 spiro atoms. The Morgan fingerprint density at radius 1 is 1.28 bits per heavy atom. The number of ether oxygens (including phenoxy) is 1. The number of carbonyl (C=O) groups is 1. The van der Waals surface area contributed by atoms with Crippen molar-refractivity contribution in [2.75, 3.05) is 6.61 Å². The molecule has 3 nitrogen and oxygen atoms in total. The van der Waals surface area contributed by atoms with E-state index in [1.165, 1.54) is 0 Å². The maximum atomic E-state index is 11.6. The van der Waals surface area contributed by atoms with Crippen molar-refractivity contribution in [2.24, 2.45) is 0 Å². The van der Waals surface area contributed by atoms with Gasteiger partial charge >= 0.3 is 0 Å². The molecule has 0 radical (unpaired) electrons. The number of rotatable bonds is 5. The van der Waals surface area contributed by atoms with Crippen molar-refractivity contribution < 1.29 is 9.53 Å². The van der Waals surface area contributed by atoms with Crippen LogP contribution in [-0.4, -0.2) is 18.6 Å². The van der Waals surface area contributed by atoms with Crippen LogP contribution < -0.4 is 5.32 Å². The molecule has 0 aliphatic rings. The smallest absolute Gasteiger partial charge is 0.246 e. The van der Waals surface area contributed by atoms with Crippen molar-refractivity contribution in [3.63, 3.8) is 0 Å². The van der Waals surface area contributed by atoms with Crippen molar-refractivity contribution in [1.82, 2.24) is 5.32 Å². The summed E-state index contributed by atoms with van der Waals surface area (Å²) in [5.74, 6) is -0.151. The first-order valence-corrected chi connectivity index (χ1v) is 6.51. The molecule has 1 aromatic carbocycles. The number of nitrogens with one attached hydrogen (secondary N) is 1. The minimum absolute atomic E-state index is 0.0380. The fourth-order valence-corrected chi connectivity index (χ4v) is 1.70. The van der Waals surface area contributed by atoms with Crippen molar-refractivity contribution >= 4 is 29.1 Å². The van der Waals surface area contributed by atoms with Crippen molar-refractivity contribution in [3.05, 3.63) is 33.8 Å². The highest BCUT2D eigenvalue weighted by Crippen LogP contribution is 2.25. The van der Waals surface area contributed by atoms with Crippen LogP contribution >= 0.6 is 23.2 Å². The summed E-state index contributed by atoms with van der Waals surface area (Å²) in [4.78, 5) is 11.6. The molecule has 1 atom stereocenters. The van der Waals surface area contributed by atoms with Gasteiger partial charge in [-0.2, -0.15) is 0 Å². The van der Waals surface area contributed by atoms with E-state index in [0.29, 0.717) is 10.0 Å². The van der Waals surface area contributed by atoms with Crippen molar-refractivity contribution in [1.29, 1.82) is 0 Å². The van der Waals surface area contributed by atoms with Gasteiger partial charge in [0.2, 0.25) is 5.91 Å². The quantitative estimate of drug-likeness (QED) is 0.900. The van der Waals surface area contributed by atoms with E-state index in [4.69, 9.17) is 27.9 Å². The Morgan fingerprint density at radius 2 is 1.94 bits per heavy atom. The highest BCUT2D eigenvalue weighted by Gasteiger charge is 2.11. The lowest BCUT2D eigenvalue weighted by molar-refractivity contribution is -0.127. The molecule has 18 heavy (non-hydrogen) atoms. The molecule has 1 N–H and O–H groups in total. The Hall–Kier alpha value is -0.770. The summed E-state index contributed by atoms with van der Waals surface area (Å²) >= 11 is 11.8. The maximum Gasteiger partial charge on any atom is 0.246 e. The van der Waals surface area contributed by atoms with E-state index in [1.54, 1.807) is 12.1 Å². The molecule has 0 fully saturated rings. The SMILES string of the molecule is CC(C)OCC(=O)NC(C)c1ccc(Cl)c(Cl)c1. The number of carbonyl (C=O) groups excluding carboxylic acids is 1. The third-order valence-corrected chi connectivity index (χ3v) is 3.11. The third kappa shape index (κ3) is 4.84. The summed E-state index contributed by atoms with van der Waals surface area (Å²) in [5.41, 5.74) is 0.905. The number of benzene rings is 1. The van der Waals surface area contributed by atoms with E-state index in [0.717, 1.165) is 5.56 Å². The average Bonchev–Trinajstić information content (AvgIpc) is 2.30. The summed E-state index contributed by atoms with van der Waals surface area (Å²) in [7, 11) is 0. The highest BCUT2D eigenvalue weighted by atomic mass is 35.5. The van der Waals surface area contributed by atoms with Crippen LogP contribution in [0.3, 0.4) is 0 Å². The van der Waals surface area contributed by atoms with E-state index in [1.807, 2.05) is 26.8 Å². The number of halogens is 2. The van der Waals surface area contributed by atoms with Gasteiger partial charge in [-0.3, -0.25) is 4.79 Å². The van der Waals surface area contributed by atoms with Crippen LogP contribution in [-0.2, 0) is 9.53 Å². The average molecular weight is 290 g/mol. The molecular formula is C13H17Cl2NO2. The van der Waals surface area contributed by atoms with E-state index < -0.39 is 0 Å². The molecule has 5 heteroatoms. The van der Waals surface area contributed by atoms with Crippen LogP contribution in [0.4, 0.5) is 0 Å². The third-order valence-electron chi connectivity index (χ3n) is 2.37. The molecule has 0 aliphatic heterocycles. The van der Waals surface area contributed by atoms with Gasteiger partial charge in [-0.25, -0.2) is 0 Å². The van der Waals surface area contributed by atoms with Gasteiger partial charge in [0.1, 0.15) is 6.61 Å². The first kappa shape index (κ1) is 15.3. The van der Waals surface area contributed by atoms with Gasteiger partial charge in [-0.1, -0.05) is 29.3 Å². The molecule has 0 aromatic heterocycles. The first-order chi connectivity index (χ1) is 8.40. The Kier molecular flexibility index (Phi) is 5.93. The Balaban J connectivity index is 2.56. The minimum atomic E-state index is -0.151. The molecule has 0 saturated heterocycles. The fraction of sp³-hybridized carbons (Fsp3) is 0.462. The zero-order valence-electron chi connectivity index (χ0n) is 10.7. The van der Waals surface area contributed by atoms with Crippen molar-refractivity contribution in [3.8, 4) is 0 Å². The number of amides is 1. The van der Waals surface area contributed by atoms with Crippen LogP contribution in [0.15, 0.2) is 18.2 Å². The van der Waals surface area contributed by atoms with Crippen LogP contribution in [0.5, 0.6) is 0 Å². The topological polar surface area (TPSA) is 38.3 Å². The second-order valence-electron chi connectivity index (χ2n) is 4.32. The minimum Gasteiger partial charge on any atom is -0.369 e. The molecular weight excluding hydrogens is 273 g/mol. The molecule has 100 valence electrons. The van der Waals surface area contributed by atoms with Crippen LogP contribution in [0, 0.1) is 0 Å². The molecule has 0 heterocycles. The second kappa shape index (κ2) is 6.98. The Bertz CT molecular complexity index is 421. The number of hydrogen-bond acceptors (Lipinski definition) is 2. The fourth-order valence-electron chi connectivity index (χ4n) is 1.39. The summed E-state index contributed by atoms with van der Waals surface area (Å²) in [6.07, 6.45) is 0.0380. The lowest BCUT2D eigenvalue weighted by Crippen LogP contribution is -2.31. The molecule has 0 bridgehead atoms. The predicted octanol–water partition coefficient (Wildman–Crippen LogP) is 3.60. The first-order valence-electron chi connectivity index (χ1n) is 5.76. The molecule has 1 rings (SSSR count). The van der Waals surface area contributed by atoms with Gasteiger partial charge in [0.25, 0.3) is 0 Å². The zero-order valence-corrected chi connectivity index (χ0v) is 12.2. The Labute approximate surface area is 117 Å². The van der Waals surface area contributed by atoms with E-state index in [-0.39, 0.29) is 24.7 Å². The molecule has 1 amide bonds. The molecule has 0 saturated carbocycles. The lowest BCUT2D eigenvalue weighted by atomic mass is 10.1. The molecule has 1 aromatic rings. The van der Waals surface area contributed by atoms with Crippen LogP contribution in [0.25, 0.3) is 0 Å². The largest absolute Gasteiger partial charge is 0.369 e. The summed E-state index contributed by atoms with van der Waals surface area (Å²) < 4.78 is 5.22.